The summed E-state index contributed by atoms with van der Waals surface area (Å²) in [7, 11) is 0. The first kappa shape index (κ1) is 13.9. The summed E-state index contributed by atoms with van der Waals surface area (Å²) in [6.45, 7) is 2.96. The van der Waals surface area contributed by atoms with Crippen LogP contribution in [0.25, 0.3) is 0 Å². The van der Waals surface area contributed by atoms with E-state index in [1.165, 1.54) is 4.90 Å². The van der Waals surface area contributed by atoms with Crippen LogP contribution in [0.4, 0.5) is 0 Å². The lowest BCUT2D eigenvalue weighted by Gasteiger charge is -2.21. The number of hydrogen-bond donors (Lipinski definition) is 2. The molecular formula is C11H19NO5. The van der Waals surface area contributed by atoms with Crippen LogP contribution in [0.15, 0.2) is 0 Å². The summed E-state index contributed by atoms with van der Waals surface area (Å²) in [6, 6.07) is -0.899. The molecule has 2 N–H and O–H groups in total. The summed E-state index contributed by atoms with van der Waals surface area (Å²) in [4.78, 5) is 23.9. The Morgan fingerprint density at radius 2 is 2.12 bits per heavy atom. The highest BCUT2D eigenvalue weighted by molar-refractivity contribution is 5.84. The van der Waals surface area contributed by atoms with Crippen LogP contribution in [0.1, 0.15) is 26.2 Å². The molecule has 2 atom stereocenters. The number of ether oxygens (including phenoxy) is 1. The van der Waals surface area contributed by atoms with Gasteiger partial charge in [0, 0.05) is 19.6 Å². The molecule has 1 fully saturated rings. The highest BCUT2D eigenvalue weighted by Crippen LogP contribution is 2.19. The molecule has 17 heavy (non-hydrogen) atoms. The van der Waals surface area contributed by atoms with Gasteiger partial charge in [0.25, 0.3) is 0 Å². The molecule has 1 heterocycles. The van der Waals surface area contributed by atoms with E-state index in [0.29, 0.717) is 13.2 Å². The smallest absolute Gasteiger partial charge is 0.326 e. The topological polar surface area (TPSA) is 87.1 Å². The lowest BCUT2D eigenvalue weighted by Crippen LogP contribution is -2.40. The molecule has 1 saturated heterocycles. The van der Waals surface area contributed by atoms with Gasteiger partial charge in [-0.05, 0) is 6.42 Å². The van der Waals surface area contributed by atoms with Gasteiger partial charge in [-0.25, -0.2) is 4.79 Å². The van der Waals surface area contributed by atoms with Crippen LogP contribution in [-0.4, -0.2) is 58.9 Å². The van der Waals surface area contributed by atoms with Crippen LogP contribution >= 0.6 is 0 Å². The van der Waals surface area contributed by atoms with Crippen molar-refractivity contribution in [1.82, 2.24) is 4.90 Å². The summed E-state index contributed by atoms with van der Waals surface area (Å²) in [5.74, 6) is -1.34. The average Bonchev–Trinajstić information content (AvgIpc) is 2.66. The monoisotopic (exact) mass is 245 g/mol. The maximum absolute atomic E-state index is 11.7. The Balaban J connectivity index is 2.41. The van der Waals surface area contributed by atoms with Gasteiger partial charge in [-0.1, -0.05) is 6.92 Å². The number of hydrogen-bond acceptors (Lipinski definition) is 4. The molecule has 0 unspecified atom stereocenters. The number of likely N-dealkylation sites (tertiary alicyclic amines) is 1. The van der Waals surface area contributed by atoms with E-state index in [-0.39, 0.29) is 25.3 Å². The Kier molecular flexibility index (Phi) is 5.37. The van der Waals surface area contributed by atoms with E-state index in [0.717, 1.165) is 6.42 Å². The molecule has 98 valence electrons. The van der Waals surface area contributed by atoms with Crippen LogP contribution in [-0.2, 0) is 14.3 Å². The van der Waals surface area contributed by atoms with E-state index in [1.54, 1.807) is 0 Å². The Morgan fingerprint density at radius 1 is 1.41 bits per heavy atom. The van der Waals surface area contributed by atoms with Crippen LogP contribution in [0.5, 0.6) is 0 Å². The Hall–Kier alpha value is -1.14. The van der Waals surface area contributed by atoms with Crippen LogP contribution in [0.2, 0.25) is 0 Å². The second-order valence-corrected chi connectivity index (χ2v) is 4.15. The van der Waals surface area contributed by atoms with Crippen molar-refractivity contribution < 1.29 is 24.5 Å². The molecule has 1 amide bonds. The minimum Gasteiger partial charge on any atom is -0.480 e. The van der Waals surface area contributed by atoms with E-state index in [2.05, 4.69) is 0 Å². The third-order valence-electron chi connectivity index (χ3n) is 2.69. The summed E-state index contributed by atoms with van der Waals surface area (Å²) in [5.41, 5.74) is 0. The number of aliphatic carboxylic acids is 1. The quantitative estimate of drug-likeness (QED) is 0.635. The molecule has 0 radical (unpaired) electrons. The molecule has 0 aromatic heterocycles. The first-order valence-corrected chi connectivity index (χ1v) is 5.84. The van der Waals surface area contributed by atoms with E-state index in [9.17, 15) is 14.7 Å². The standard InChI is InChI=1S/C11H19NO5/c1-2-4-17-5-3-10(14)12-7-8(13)6-9(12)11(15)16/h8-9,13H,2-7H2,1H3,(H,15,16)/t8-,9+/m1/s1. The third kappa shape index (κ3) is 3.98. The highest BCUT2D eigenvalue weighted by Gasteiger charge is 2.38. The number of aliphatic hydroxyl groups is 1. The fraction of sp³-hybridized carbons (Fsp3) is 0.818. The lowest BCUT2D eigenvalue weighted by atomic mass is 10.2. The number of rotatable bonds is 6. The van der Waals surface area contributed by atoms with Crippen molar-refractivity contribution in [3.8, 4) is 0 Å². The molecular weight excluding hydrogens is 226 g/mol. The predicted molar refractivity (Wildman–Crippen MR) is 59.5 cm³/mol. The zero-order valence-electron chi connectivity index (χ0n) is 9.96. The molecule has 1 rings (SSSR count). The second kappa shape index (κ2) is 6.56. The number of carboxylic acids is 1. The summed E-state index contributed by atoms with van der Waals surface area (Å²) in [6.07, 6.45) is 0.415. The highest BCUT2D eigenvalue weighted by atomic mass is 16.5. The van der Waals surface area contributed by atoms with Crippen molar-refractivity contribution in [2.75, 3.05) is 19.8 Å². The zero-order valence-corrected chi connectivity index (χ0v) is 9.96. The first-order chi connectivity index (χ1) is 8.06. The van der Waals surface area contributed by atoms with E-state index < -0.39 is 18.1 Å². The SMILES string of the molecule is CCCOCCC(=O)N1C[C@H](O)C[C@H]1C(=O)O. The molecule has 1 aliphatic heterocycles. The number of carbonyl (C=O) groups excluding carboxylic acids is 1. The van der Waals surface area contributed by atoms with Gasteiger partial charge in [0.1, 0.15) is 6.04 Å². The molecule has 6 heteroatoms. The fourth-order valence-electron chi connectivity index (χ4n) is 1.87. The van der Waals surface area contributed by atoms with Gasteiger partial charge < -0.3 is 19.8 Å². The Morgan fingerprint density at radius 3 is 2.71 bits per heavy atom. The number of β-amino-alcohol motifs (C(OH)–C–C–N with tert-alkyl or cyclic N) is 1. The van der Waals surface area contributed by atoms with E-state index in [1.807, 2.05) is 6.92 Å². The van der Waals surface area contributed by atoms with Crippen molar-refractivity contribution >= 4 is 11.9 Å². The minimum atomic E-state index is -1.07. The maximum Gasteiger partial charge on any atom is 0.326 e. The lowest BCUT2D eigenvalue weighted by molar-refractivity contribution is -0.148. The number of carbonyl (C=O) groups is 2. The number of amides is 1. The minimum absolute atomic E-state index is 0.101. The van der Waals surface area contributed by atoms with Crippen molar-refractivity contribution in [2.45, 2.75) is 38.3 Å². The van der Waals surface area contributed by atoms with Gasteiger partial charge in [0.05, 0.1) is 19.1 Å². The van der Waals surface area contributed by atoms with Crippen LogP contribution in [0.3, 0.4) is 0 Å². The fourth-order valence-corrected chi connectivity index (χ4v) is 1.87. The zero-order chi connectivity index (χ0) is 12.8. The van der Waals surface area contributed by atoms with Gasteiger partial charge in [-0.3, -0.25) is 4.79 Å². The van der Waals surface area contributed by atoms with E-state index in [4.69, 9.17) is 9.84 Å². The Labute approximate surface area is 100 Å². The first-order valence-electron chi connectivity index (χ1n) is 5.84. The predicted octanol–water partition coefficient (Wildman–Crippen LogP) is -0.151. The van der Waals surface area contributed by atoms with Gasteiger partial charge in [-0.15, -0.1) is 0 Å². The van der Waals surface area contributed by atoms with Gasteiger partial charge in [-0.2, -0.15) is 0 Å². The summed E-state index contributed by atoms with van der Waals surface area (Å²) < 4.78 is 5.18. The van der Waals surface area contributed by atoms with Gasteiger partial charge >= 0.3 is 5.97 Å². The van der Waals surface area contributed by atoms with Crippen LogP contribution in [0, 0.1) is 0 Å². The number of nitrogens with zero attached hydrogens (tertiary/aromatic N) is 1. The van der Waals surface area contributed by atoms with E-state index >= 15 is 0 Å². The average molecular weight is 245 g/mol. The molecule has 0 saturated carbocycles. The number of carboxylic acid groups (broad SMARTS) is 1. The van der Waals surface area contributed by atoms with Crippen molar-refractivity contribution in [3.05, 3.63) is 0 Å². The van der Waals surface area contributed by atoms with Crippen molar-refractivity contribution in [1.29, 1.82) is 0 Å². The second-order valence-electron chi connectivity index (χ2n) is 4.15. The van der Waals surface area contributed by atoms with Crippen molar-refractivity contribution in [2.24, 2.45) is 0 Å². The van der Waals surface area contributed by atoms with Crippen LogP contribution < -0.4 is 0 Å². The molecule has 1 aliphatic rings. The largest absolute Gasteiger partial charge is 0.480 e. The van der Waals surface area contributed by atoms with Crippen molar-refractivity contribution in [3.63, 3.8) is 0 Å². The normalized spacial score (nSPS) is 24.0. The Bertz CT molecular complexity index is 281. The molecule has 0 spiro atoms. The maximum atomic E-state index is 11.7. The molecule has 0 aliphatic carbocycles. The number of aliphatic hydroxyl groups excluding tert-OH is 1. The van der Waals surface area contributed by atoms with Gasteiger partial charge in [0.15, 0.2) is 0 Å². The molecule has 0 aromatic carbocycles. The molecule has 0 aromatic rings. The summed E-state index contributed by atoms with van der Waals surface area (Å²) >= 11 is 0. The van der Waals surface area contributed by atoms with Gasteiger partial charge in [0.2, 0.25) is 5.91 Å². The molecule has 0 bridgehead atoms. The summed E-state index contributed by atoms with van der Waals surface area (Å²) in [5, 5.41) is 18.3. The molecule has 6 nitrogen and oxygen atoms in total. The third-order valence-corrected chi connectivity index (χ3v) is 2.69.